The average Bonchev–Trinajstić information content (AvgIpc) is 2.40. The van der Waals surface area contributed by atoms with Crippen molar-refractivity contribution in [2.24, 2.45) is 5.84 Å². The molecule has 2 N–H and O–H groups in total. The third-order valence-corrected chi connectivity index (χ3v) is 3.40. The topological polar surface area (TPSA) is 77.0 Å². The van der Waals surface area contributed by atoms with Crippen LogP contribution in [0.5, 0.6) is 0 Å². The molecule has 0 fully saturated rings. The zero-order valence-electron chi connectivity index (χ0n) is 10.3. The van der Waals surface area contributed by atoms with Gasteiger partial charge in [-0.25, -0.2) is 20.2 Å². The minimum atomic E-state index is -0.525. The van der Waals surface area contributed by atoms with Crippen LogP contribution in [0.3, 0.4) is 0 Å². The van der Waals surface area contributed by atoms with E-state index in [2.05, 4.69) is 32.5 Å². The summed E-state index contributed by atoms with van der Waals surface area (Å²) in [4.78, 5) is 19.9. The number of nitrogens with zero attached hydrogens (tertiary/aromatic N) is 4. The maximum atomic E-state index is 12.1. The van der Waals surface area contributed by atoms with E-state index in [9.17, 15) is 4.79 Å². The highest BCUT2D eigenvalue weighted by atomic mass is 79.9. The molecule has 1 aromatic heterocycles. The highest BCUT2D eigenvalue weighted by molar-refractivity contribution is 9.10. The number of benzene rings is 1. The van der Waals surface area contributed by atoms with Gasteiger partial charge < -0.3 is 0 Å². The minimum Gasteiger partial charge on any atom is -0.275 e. The number of para-hydroxylation sites is 1. The Morgan fingerprint density at radius 2 is 2.30 bits per heavy atom. The highest BCUT2D eigenvalue weighted by Gasteiger charge is 2.12. The summed E-state index contributed by atoms with van der Waals surface area (Å²) in [5.41, 5.74) is -0.0404. The van der Waals surface area contributed by atoms with Crippen molar-refractivity contribution in [1.29, 1.82) is 0 Å². The summed E-state index contributed by atoms with van der Waals surface area (Å²) in [5.74, 6) is 5.80. The van der Waals surface area contributed by atoms with Crippen LogP contribution in [0.1, 0.15) is 0 Å². The monoisotopic (exact) mass is 355 g/mol. The number of hydrogen-bond acceptors (Lipinski definition) is 5. The summed E-state index contributed by atoms with van der Waals surface area (Å²) in [6.45, 7) is 3.89. The lowest BCUT2D eigenvalue weighted by molar-refractivity contribution is 0.798. The molecule has 0 aliphatic carbocycles. The fourth-order valence-electron chi connectivity index (χ4n) is 1.56. The van der Waals surface area contributed by atoms with Gasteiger partial charge in [0.2, 0.25) is 5.95 Å². The predicted octanol–water partition coefficient (Wildman–Crippen LogP) is 1.91. The SMILES string of the molecule is C=CCN(N)c1ncn(-c2c(Cl)cccc2Br)c(=O)n1. The van der Waals surface area contributed by atoms with E-state index >= 15 is 0 Å². The lowest BCUT2D eigenvalue weighted by Gasteiger charge is -2.14. The second kappa shape index (κ2) is 6.17. The highest BCUT2D eigenvalue weighted by Crippen LogP contribution is 2.27. The normalized spacial score (nSPS) is 10.3. The molecule has 0 bridgehead atoms. The number of hydrogen-bond donors (Lipinski definition) is 1. The molecule has 0 radical (unpaired) electrons. The van der Waals surface area contributed by atoms with Crippen LogP contribution in [-0.4, -0.2) is 21.1 Å². The van der Waals surface area contributed by atoms with Crippen molar-refractivity contribution in [2.75, 3.05) is 11.6 Å². The smallest absolute Gasteiger partial charge is 0.275 e. The van der Waals surface area contributed by atoms with E-state index in [1.165, 1.54) is 15.9 Å². The lowest BCUT2D eigenvalue weighted by Crippen LogP contribution is -2.35. The average molecular weight is 357 g/mol. The first-order valence-electron chi connectivity index (χ1n) is 5.58. The molecule has 0 saturated carbocycles. The number of hydrazine groups is 1. The van der Waals surface area contributed by atoms with E-state index in [4.69, 9.17) is 17.4 Å². The quantitative estimate of drug-likeness (QED) is 0.514. The Hall–Kier alpha value is -1.70. The molecule has 1 aromatic carbocycles. The first-order valence-corrected chi connectivity index (χ1v) is 6.75. The van der Waals surface area contributed by atoms with Crippen molar-refractivity contribution < 1.29 is 0 Å². The molecule has 2 rings (SSSR count). The van der Waals surface area contributed by atoms with Crippen molar-refractivity contribution in [3.05, 3.63) is 57.2 Å². The van der Waals surface area contributed by atoms with Gasteiger partial charge in [-0.2, -0.15) is 4.98 Å². The van der Waals surface area contributed by atoms with Gasteiger partial charge in [-0.3, -0.25) is 5.01 Å². The second-order valence-corrected chi connectivity index (χ2v) is 5.08. The third kappa shape index (κ3) is 2.90. The Morgan fingerprint density at radius 1 is 1.55 bits per heavy atom. The van der Waals surface area contributed by atoms with Gasteiger partial charge in [0.1, 0.15) is 6.33 Å². The molecular weight excluding hydrogens is 346 g/mol. The molecule has 0 aliphatic heterocycles. The molecule has 20 heavy (non-hydrogen) atoms. The van der Waals surface area contributed by atoms with E-state index in [0.717, 1.165) is 0 Å². The maximum Gasteiger partial charge on any atom is 0.356 e. The Kier molecular flexibility index (Phi) is 4.53. The molecule has 104 valence electrons. The van der Waals surface area contributed by atoms with Gasteiger partial charge in [0, 0.05) is 4.47 Å². The summed E-state index contributed by atoms with van der Waals surface area (Å²) in [6, 6.07) is 5.21. The first kappa shape index (κ1) is 14.7. The van der Waals surface area contributed by atoms with Crippen molar-refractivity contribution >= 4 is 33.5 Å². The van der Waals surface area contributed by atoms with Crippen LogP contribution in [0.25, 0.3) is 5.69 Å². The molecular formula is C12H11BrClN5O. The van der Waals surface area contributed by atoms with Gasteiger partial charge in [-0.1, -0.05) is 23.7 Å². The van der Waals surface area contributed by atoms with Crippen LogP contribution in [0.2, 0.25) is 5.02 Å². The first-order chi connectivity index (χ1) is 9.54. The summed E-state index contributed by atoms with van der Waals surface area (Å²) in [6.07, 6.45) is 2.92. The van der Waals surface area contributed by atoms with Crippen molar-refractivity contribution in [3.63, 3.8) is 0 Å². The third-order valence-electron chi connectivity index (χ3n) is 2.45. The molecule has 0 spiro atoms. The molecule has 8 heteroatoms. The van der Waals surface area contributed by atoms with Gasteiger partial charge in [0.15, 0.2) is 0 Å². The van der Waals surface area contributed by atoms with Crippen LogP contribution in [0.15, 0.2) is 46.4 Å². The molecule has 0 saturated heterocycles. The summed E-state index contributed by atoms with van der Waals surface area (Å²) in [7, 11) is 0. The van der Waals surface area contributed by atoms with Crippen molar-refractivity contribution in [1.82, 2.24) is 14.5 Å². The molecule has 6 nitrogen and oxygen atoms in total. The van der Waals surface area contributed by atoms with Crippen LogP contribution in [0.4, 0.5) is 5.95 Å². The fraction of sp³-hybridized carbons (Fsp3) is 0.0833. The van der Waals surface area contributed by atoms with Crippen LogP contribution in [-0.2, 0) is 0 Å². The summed E-state index contributed by atoms with van der Waals surface area (Å²) >= 11 is 9.44. The van der Waals surface area contributed by atoms with E-state index in [-0.39, 0.29) is 5.95 Å². The minimum absolute atomic E-state index is 0.120. The largest absolute Gasteiger partial charge is 0.356 e. The number of rotatable bonds is 4. The van der Waals surface area contributed by atoms with E-state index in [1.807, 2.05) is 0 Å². The standard InChI is InChI=1S/C12H11BrClN5O/c1-2-6-19(15)11-16-7-18(12(20)17-11)10-8(13)4-3-5-9(10)14/h2-5,7H,1,6,15H2. The van der Waals surface area contributed by atoms with Gasteiger partial charge in [0.25, 0.3) is 0 Å². The molecule has 0 atom stereocenters. The molecule has 0 aliphatic rings. The lowest BCUT2D eigenvalue weighted by atomic mass is 10.3. The Bertz CT molecular complexity index is 682. The van der Waals surface area contributed by atoms with Crippen LogP contribution in [0, 0.1) is 0 Å². The van der Waals surface area contributed by atoms with Crippen molar-refractivity contribution in [3.8, 4) is 5.69 Å². The fourth-order valence-corrected chi connectivity index (χ4v) is 2.50. The van der Waals surface area contributed by atoms with Gasteiger partial charge in [0.05, 0.1) is 17.3 Å². The van der Waals surface area contributed by atoms with Crippen LogP contribution >= 0.6 is 27.5 Å². The van der Waals surface area contributed by atoms with Gasteiger partial charge in [-0.05, 0) is 28.1 Å². The van der Waals surface area contributed by atoms with Gasteiger partial charge in [-0.15, -0.1) is 6.58 Å². The molecule has 0 unspecified atom stereocenters. The molecule has 2 aromatic rings. The molecule has 0 amide bonds. The zero-order valence-corrected chi connectivity index (χ0v) is 12.7. The maximum absolute atomic E-state index is 12.1. The zero-order chi connectivity index (χ0) is 14.7. The number of nitrogens with two attached hydrogens (primary N) is 1. The van der Waals surface area contributed by atoms with E-state index < -0.39 is 5.69 Å². The summed E-state index contributed by atoms with van der Waals surface area (Å²) < 4.78 is 1.91. The summed E-state index contributed by atoms with van der Waals surface area (Å²) in [5, 5.41) is 1.63. The number of halogens is 2. The van der Waals surface area contributed by atoms with Crippen molar-refractivity contribution in [2.45, 2.75) is 0 Å². The predicted molar refractivity (Wildman–Crippen MR) is 82.1 cm³/mol. The number of aromatic nitrogens is 3. The van der Waals surface area contributed by atoms with Crippen LogP contribution < -0.4 is 16.5 Å². The number of anilines is 1. The molecule has 1 heterocycles. The van der Waals surface area contributed by atoms with E-state index in [0.29, 0.717) is 21.7 Å². The second-order valence-electron chi connectivity index (χ2n) is 3.82. The van der Waals surface area contributed by atoms with E-state index in [1.54, 1.807) is 24.3 Å². The van der Waals surface area contributed by atoms with Gasteiger partial charge >= 0.3 is 5.69 Å². The Morgan fingerprint density at radius 3 is 2.90 bits per heavy atom. The Labute approximate surface area is 128 Å². The Balaban J connectivity index is 2.50.